The third-order valence-corrected chi connectivity index (χ3v) is 4.66. The summed E-state index contributed by atoms with van der Waals surface area (Å²) in [5.74, 6) is 0.632. The van der Waals surface area contributed by atoms with Crippen molar-refractivity contribution in [2.45, 2.75) is 6.54 Å². The lowest BCUT2D eigenvalue weighted by Crippen LogP contribution is -2.26. The fourth-order valence-electron chi connectivity index (χ4n) is 0.804. The van der Waals surface area contributed by atoms with Crippen molar-refractivity contribution in [1.29, 1.82) is 0 Å². The number of hydrogen-bond donors (Lipinski definition) is 0. The van der Waals surface area contributed by atoms with E-state index in [1.54, 1.807) is 12.1 Å². The molecular weight excluding hydrogens is 258 g/mol. The molecule has 0 radical (unpaired) electrons. The van der Waals surface area contributed by atoms with E-state index in [0.29, 0.717) is 5.76 Å². The fourth-order valence-corrected chi connectivity index (χ4v) is 2.34. The van der Waals surface area contributed by atoms with Crippen molar-refractivity contribution in [2.75, 3.05) is 11.7 Å². The van der Waals surface area contributed by atoms with Crippen LogP contribution < -0.4 is 0 Å². The minimum atomic E-state index is -3.18. The van der Waals surface area contributed by atoms with Gasteiger partial charge in [0.15, 0.2) is 0 Å². The van der Waals surface area contributed by atoms with Gasteiger partial charge in [0.1, 0.15) is 10.4 Å². The molecule has 1 rings (SSSR count). The van der Waals surface area contributed by atoms with Crippen LogP contribution in [0.4, 0.5) is 0 Å². The van der Waals surface area contributed by atoms with Crippen LogP contribution >= 0.6 is 15.9 Å². The summed E-state index contributed by atoms with van der Waals surface area (Å²) in [7, 11) is -1.67. The molecule has 0 aromatic carbocycles. The summed E-state index contributed by atoms with van der Waals surface area (Å²) in [6.07, 6.45) is 1.52. The first kappa shape index (κ1) is 10.7. The molecule has 4 nitrogen and oxygen atoms in total. The molecule has 1 aromatic rings. The van der Waals surface area contributed by atoms with E-state index in [-0.39, 0.29) is 11.2 Å². The van der Waals surface area contributed by atoms with Gasteiger partial charge in [-0.1, -0.05) is 15.9 Å². The van der Waals surface area contributed by atoms with Crippen LogP contribution in [-0.4, -0.2) is 24.4 Å². The van der Waals surface area contributed by atoms with Crippen molar-refractivity contribution < 1.29 is 12.8 Å². The number of halogens is 1. The second-order valence-corrected chi connectivity index (χ2v) is 5.94. The Kier molecular flexibility index (Phi) is 3.52. The van der Waals surface area contributed by atoms with Gasteiger partial charge in [0.25, 0.3) is 0 Å². The maximum atomic E-state index is 11.3. The zero-order valence-corrected chi connectivity index (χ0v) is 9.51. The maximum Gasteiger partial charge on any atom is 0.224 e. The summed E-state index contributed by atoms with van der Waals surface area (Å²) in [5, 5.41) is 0. The molecule has 0 aliphatic heterocycles. The molecule has 1 aromatic heterocycles. The Morgan fingerprint density at radius 3 is 2.77 bits per heavy atom. The molecule has 1 heterocycles. The Balaban J connectivity index is 2.66. The Labute approximate surface area is 85.7 Å². The van der Waals surface area contributed by atoms with E-state index in [9.17, 15) is 8.42 Å². The molecule has 0 bridgehead atoms. The Morgan fingerprint density at radius 1 is 1.62 bits per heavy atom. The van der Waals surface area contributed by atoms with Gasteiger partial charge < -0.3 is 4.42 Å². The first-order chi connectivity index (χ1) is 6.06. The highest BCUT2D eigenvalue weighted by atomic mass is 79.9. The maximum absolute atomic E-state index is 11.3. The lowest BCUT2D eigenvalue weighted by atomic mass is 10.4. The quantitative estimate of drug-likeness (QED) is 0.775. The number of nitrogens with zero attached hydrogens (tertiary/aromatic N) is 1. The summed E-state index contributed by atoms with van der Waals surface area (Å²) >= 11 is 2.92. The minimum absolute atomic E-state index is 0.0722. The molecular formula is C7H10BrNO3S. The zero-order valence-electron chi connectivity index (χ0n) is 7.10. The second kappa shape index (κ2) is 4.26. The third-order valence-electron chi connectivity index (χ3n) is 1.57. The molecule has 0 saturated carbocycles. The molecule has 0 aliphatic carbocycles. The molecule has 6 heteroatoms. The third kappa shape index (κ3) is 2.82. The van der Waals surface area contributed by atoms with Gasteiger partial charge >= 0.3 is 0 Å². The van der Waals surface area contributed by atoms with Gasteiger partial charge in [0.2, 0.25) is 10.0 Å². The highest BCUT2D eigenvalue weighted by Crippen LogP contribution is 2.09. The van der Waals surface area contributed by atoms with Crippen LogP contribution in [0.2, 0.25) is 0 Å². The van der Waals surface area contributed by atoms with Gasteiger partial charge in [-0.2, -0.15) is 4.31 Å². The predicted molar refractivity (Wildman–Crippen MR) is 52.9 cm³/mol. The largest absolute Gasteiger partial charge is 0.468 e. The normalized spacial score (nSPS) is 12.2. The monoisotopic (exact) mass is 267 g/mol. The first-order valence-electron chi connectivity index (χ1n) is 3.58. The van der Waals surface area contributed by atoms with E-state index in [1.807, 2.05) is 0 Å². The summed E-state index contributed by atoms with van der Waals surface area (Å²) in [6.45, 7) is 0.265. The first-order valence-corrected chi connectivity index (χ1v) is 6.31. The van der Waals surface area contributed by atoms with Gasteiger partial charge in [-0.05, 0) is 12.1 Å². The van der Waals surface area contributed by atoms with E-state index in [0.717, 1.165) is 0 Å². The van der Waals surface area contributed by atoms with Gasteiger partial charge in [-0.25, -0.2) is 8.42 Å². The van der Waals surface area contributed by atoms with E-state index < -0.39 is 10.0 Å². The minimum Gasteiger partial charge on any atom is -0.468 e. The summed E-state index contributed by atoms with van der Waals surface area (Å²) in [5.41, 5.74) is 0. The standard InChI is InChI=1S/C7H10BrNO3S/c1-9(13(10,11)6-8)5-7-3-2-4-12-7/h2-4H,5-6H2,1H3. The average Bonchev–Trinajstić information content (AvgIpc) is 2.57. The lowest BCUT2D eigenvalue weighted by Gasteiger charge is -2.13. The molecule has 0 aliphatic rings. The smallest absolute Gasteiger partial charge is 0.224 e. The van der Waals surface area contributed by atoms with Crippen molar-refractivity contribution in [2.24, 2.45) is 0 Å². The van der Waals surface area contributed by atoms with Gasteiger partial charge in [-0.15, -0.1) is 0 Å². The lowest BCUT2D eigenvalue weighted by molar-refractivity contribution is 0.408. The van der Waals surface area contributed by atoms with Gasteiger partial charge in [0.05, 0.1) is 12.8 Å². The van der Waals surface area contributed by atoms with Crippen molar-refractivity contribution >= 4 is 26.0 Å². The van der Waals surface area contributed by atoms with Crippen LogP contribution in [0, 0.1) is 0 Å². The second-order valence-electron chi connectivity index (χ2n) is 2.56. The van der Waals surface area contributed by atoms with Crippen molar-refractivity contribution in [1.82, 2.24) is 4.31 Å². The van der Waals surface area contributed by atoms with Crippen molar-refractivity contribution in [3.05, 3.63) is 24.2 Å². The molecule has 0 fully saturated rings. The molecule has 13 heavy (non-hydrogen) atoms. The number of hydrogen-bond acceptors (Lipinski definition) is 3. The average molecular weight is 268 g/mol. The fraction of sp³-hybridized carbons (Fsp3) is 0.429. The number of sulfonamides is 1. The Hall–Kier alpha value is -0.330. The topological polar surface area (TPSA) is 50.5 Å². The molecule has 0 unspecified atom stereocenters. The number of alkyl halides is 1. The van der Waals surface area contributed by atoms with Gasteiger partial charge in [-0.3, -0.25) is 0 Å². The highest BCUT2D eigenvalue weighted by molar-refractivity contribution is 9.10. The van der Waals surface area contributed by atoms with Crippen LogP contribution in [0.5, 0.6) is 0 Å². The predicted octanol–water partition coefficient (Wildman–Crippen LogP) is 1.39. The van der Waals surface area contributed by atoms with Crippen LogP contribution in [-0.2, 0) is 16.6 Å². The van der Waals surface area contributed by atoms with Crippen molar-refractivity contribution in [3.63, 3.8) is 0 Å². The van der Waals surface area contributed by atoms with Crippen LogP contribution in [0.1, 0.15) is 5.76 Å². The van der Waals surface area contributed by atoms with Crippen LogP contribution in [0.15, 0.2) is 22.8 Å². The van der Waals surface area contributed by atoms with E-state index >= 15 is 0 Å². The van der Waals surface area contributed by atoms with E-state index in [1.165, 1.54) is 17.6 Å². The van der Waals surface area contributed by atoms with Crippen LogP contribution in [0.3, 0.4) is 0 Å². The molecule has 0 atom stereocenters. The van der Waals surface area contributed by atoms with Crippen LogP contribution in [0.25, 0.3) is 0 Å². The summed E-state index contributed by atoms with van der Waals surface area (Å²) in [6, 6.07) is 3.46. The zero-order chi connectivity index (χ0) is 9.90. The highest BCUT2D eigenvalue weighted by Gasteiger charge is 2.16. The molecule has 0 N–H and O–H groups in total. The number of furan rings is 1. The SMILES string of the molecule is CN(Cc1ccco1)S(=O)(=O)CBr. The Bertz CT molecular complexity index is 346. The van der Waals surface area contributed by atoms with Crippen molar-refractivity contribution in [3.8, 4) is 0 Å². The van der Waals surface area contributed by atoms with E-state index in [4.69, 9.17) is 4.42 Å². The molecule has 74 valence electrons. The summed E-state index contributed by atoms with van der Waals surface area (Å²) < 4.78 is 28.7. The molecule has 0 spiro atoms. The summed E-state index contributed by atoms with van der Waals surface area (Å²) in [4.78, 5) is 0. The number of rotatable bonds is 4. The molecule has 0 amide bonds. The van der Waals surface area contributed by atoms with E-state index in [2.05, 4.69) is 15.9 Å². The van der Waals surface area contributed by atoms with Gasteiger partial charge in [0, 0.05) is 7.05 Å². The molecule has 0 saturated heterocycles. The Morgan fingerprint density at radius 2 is 2.31 bits per heavy atom.